The Hall–Kier alpha value is -1.83. The van der Waals surface area contributed by atoms with Gasteiger partial charge in [0.2, 0.25) is 0 Å². The molecule has 1 rings (SSSR count). The van der Waals surface area contributed by atoms with Gasteiger partial charge in [-0.15, -0.1) is 0 Å². The van der Waals surface area contributed by atoms with Crippen LogP contribution in [0.1, 0.15) is 69.2 Å². The van der Waals surface area contributed by atoms with Crippen molar-refractivity contribution in [3.8, 4) is 0 Å². The van der Waals surface area contributed by atoms with Gasteiger partial charge >= 0.3 is 5.97 Å². The Morgan fingerprint density at radius 1 is 1.20 bits per heavy atom. The molecule has 0 aliphatic carbocycles. The van der Waals surface area contributed by atoms with Gasteiger partial charge in [0, 0.05) is 18.2 Å². The van der Waals surface area contributed by atoms with Gasteiger partial charge < -0.3 is 20.4 Å². The van der Waals surface area contributed by atoms with Crippen molar-refractivity contribution in [1.82, 2.24) is 9.97 Å². The Morgan fingerprint density at radius 3 is 2.64 bits per heavy atom. The van der Waals surface area contributed by atoms with E-state index in [2.05, 4.69) is 16.9 Å². The molecule has 0 aliphatic heterocycles. The first-order valence-corrected chi connectivity index (χ1v) is 8.69. The lowest BCUT2D eigenvalue weighted by atomic mass is 10.0. The van der Waals surface area contributed by atoms with Gasteiger partial charge in [-0.3, -0.25) is 4.79 Å². The Bertz CT molecular complexity index is 550. The van der Waals surface area contributed by atoms with Crippen LogP contribution in [-0.2, 0) is 4.79 Å². The maximum atomic E-state index is 10.5. The van der Waals surface area contributed by atoms with Crippen LogP contribution in [0.4, 0.5) is 0 Å². The molecule has 0 radical (unpaired) electrons. The molecule has 25 heavy (non-hydrogen) atoms. The third kappa shape index (κ3) is 8.20. The summed E-state index contributed by atoms with van der Waals surface area (Å²) >= 11 is 0. The maximum absolute atomic E-state index is 10.5. The van der Waals surface area contributed by atoms with Crippen molar-refractivity contribution in [2.45, 2.75) is 70.2 Å². The van der Waals surface area contributed by atoms with Gasteiger partial charge in [0.25, 0.3) is 0 Å². The molecule has 140 valence electrons. The molecule has 4 N–H and O–H groups in total. The summed E-state index contributed by atoms with van der Waals surface area (Å²) in [4.78, 5) is 18.5. The van der Waals surface area contributed by atoms with Crippen LogP contribution in [0.2, 0.25) is 0 Å². The van der Waals surface area contributed by atoms with E-state index in [0.717, 1.165) is 19.3 Å². The molecule has 0 unspecified atom stereocenters. The highest BCUT2D eigenvalue weighted by Crippen LogP contribution is 2.22. The van der Waals surface area contributed by atoms with E-state index in [0.29, 0.717) is 17.7 Å². The smallest absolute Gasteiger partial charge is 0.303 e. The fourth-order valence-electron chi connectivity index (χ4n) is 2.44. The van der Waals surface area contributed by atoms with E-state index in [9.17, 15) is 20.1 Å². The molecule has 7 nitrogen and oxygen atoms in total. The molecule has 1 heterocycles. The van der Waals surface area contributed by atoms with E-state index in [1.807, 2.05) is 0 Å². The number of carboxylic acids is 1. The molecule has 7 heteroatoms. The van der Waals surface area contributed by atoms with Crippen LogP contribution in [0.25, 0.3) is 6.08 Å². The molecule has 0 fully saturated rings. The first kappa shape index (κ1) is 21.2. The van der Waals surface area contributed by atoms with E-state index in [-0.39, 0.29) is 19.3 Å². The summed E-state index contributed by atoms with van der Waals surface area (Å²) < 4.78 is 0. The Kier molecular flexibility index (Phi) is 9.91. The number of hydrogen-bond donors (Lipinski definition) is 4. The number of aromatic nitrogens is 2. The molecular formula is C18H28N2O5. The van der Waals surface area contributed by atoms with Gasteiger partial charge in [0.15, 0.2) is 0 Å². The van der Waals surface area contributed by atoms with Crippen molar-refractivity contribution in [2.24, 2.45) is 0 Å². The highest BCUT2D eigenvalue weighted by molar-refractivity contribution is 5.66. The zero-order valence-electron chi connectivity index (χ0n) is 14.6. The third-order valence-electron chi connectivity index (χ3n) is 3.93. The number of aliphatic carboxylic acids is 1. The third-order valence-corrected chi connectivity index (χ3v) is 3.93. The molecule has 1 aromatic heterocycles. The Labute approximate surface area is 148 Å². The monoisotopic (exact) mass is 352 g/mol. The number of aliphatic hydroxyl groups is 3. The van der Waals surface area contributed by atoms with Gasteiger partial charge in [-0.2, -0.15) is 0 Å². The van der Waals surface area contributed by atoms with Crippen molar-refractivity contribution in [3.63, 3.8) is 0 Å². The predicted molar refractivity (Wildman–Crippen MR) is 93.7 cm³/mol. The van der Waals surface area contributed by atoms with E-state index >= 15 is 0 Å². The van der Waals surface area contributed by atoms with Gasteiger partial charge in [-0.1, -0.05) is 38.3 Å². The van der Waals surface area contributed by atoms with E-state index in [4.69, 9.17) is 5.11 Å². The number of hydrogen-bond acceptors (Lipinski definition) is 6. The highest BCUT2D eigenvalue weighted by atomic mass is 16.4. The summed E-state index contributed by atoms with van der Waals surface area (Å²) in [5, 5.41) is 38.7. The number of carboxylic acid groups (broad SMARTS) is 1. The predicted octanol–water partition coefficient (Wildman–Crippen LogP) is 2.08. The average molecular weight is 352 g/mol. The normalized spacial score (nSPS) is 15.2. The molecule has 0 spiro atoms. The van der Waals surface area contributed by atoms with Crippen LogP contribution in [0.3, 0.4) is 0 Å². The average Bonchev–Trinajstić information content (AvgIpc) is 2.59. The van der Waals surface area contributed by atoms with Crippen LogP contribution < -0.4 is 0 Å². The van der Waals surface area contributed by atoms with Crippen LogP contribution in [0.5, 0.6) is 0 Å². The lowest BCUT2D eigenvalue weighted by molar-refractivity contribution is -0.137. The fourth-order valence-corrected chi connectivity index (χ4v) is 2.44. The van der Waals surface area contributed by atoms with Gasteiger partial charge in [-0.05, 0) is 19.3 Å². The van der Waals surface area contributed by atoms with Crippen LogP contribution >= 0.6 is 0 Å². The summed E-state index contributed by atoms with van der Waals surface area (Å²) in [6, 6.07) is 0. The molecule has 1 aromatic rings. The lowest BCUT2D eigenvalue weighted by Gasteiger charge is -2.15. The van der Waals surface area contributed by atoms with Gasteiger partial charge in [-0.25, -0.2) is 9.97 Å². The number of unbranched alkanes of at least 4 members (excludes halogenated alkanes) is 2. The minimum atomic E-state index is -1.13. The van der Waals surface area contributed by atoms with E-state index in [1.165, 1.54) is 12.4 Å². The molecule has 0 saturated carbocycles. The quantitative estimate of drug-likeness (QED) is 0.425. The van der Waals surface area contributed by atoms with Crippen LogP contribution in [0, 0.1) is 0 Å². The standard InChI is InChI=1S/C18H28N2O5/c1-2-3-4-6-16(23)18-13(11-19-12-20-18)9-10-15(22)14(21)7-5-8-17(24)25/h9-12,14-16,21-23H,2-8H2,1H3,(H,24,25)/b10-9+/t14-,15+,16+/m0/s1. The van der Waals surface area contributed by atoms with Crippen molar-refractivity contribution in [2.75, 3.05) is 0 Å². The highest BCUT2D eigenvalue weighted by Gasteiger charge is 2.15. The van der Waals surface area contributed by atoms with E-state index in [1.54, 1.807) is 12.3 Å². The maximum Gasteiger partial charge on any atom is 0.303 e. The Morgan fingerprint density at radius 2 is 1.96 bits per heavy atom. The molecule has 0 saturated heterocycles. The zero-order valence-corrected chi connectivity index (χ0v) is 14.6. The van der Waals surface area contributed by atoms with Crippen molar-refractivity contribution < 1.29 is 25.2 Å². The SMILES string of the molecule is CCCCC[C@@H](O)c1ncncc1/C=C/[C@@H](O)[C@@H](O)CCCC(=O)O. The summed E-state index contributed by atoms with van der Waals surface area (Å²) in [5.41, 5.74) is 1.08. The summed E-state index contributed by atoms with van der Waals surface area (Å²) in [5.74, 6) is -0.930. The number of carbonyl (C=O) groups is 1. The summed E-state index contributed by atoms with van der Waals surface area (Å²) in [6.45, 7) is 2.09. The second-order valence-electron chi connectivity index (χ2n) is 6.08. The van der Waals surface area contributed by atoms with Crippen molar-refractivity contribution >= 4 is 12.0 Å². The first-order valence-electron chi connectivity index (χ1n) is 8.69. The minimum absolute atomic E-state index is 0.0475. The first-order chi connectivity index (χ1) is 12.0. The number of rotatable bonds is 12. The second kappa shape index (κ2) is 11.7. The minimum Gasteiger partial charge on any atom is -0.481 e. The molecular weight excluding hydrogens is 324 g/mol. The fraction of sp³-hybridized carbons (Fsp3) is 0.611. The summed E-state index contributed by atoms with van der Waals surface area (Å²) in [7, 11) is 0. The second-order valence-corrected chi connectivity index (χ2v) is 6.08. The van der Waals surface area contributed by atoms with Crippen molar-refractivity contribution in [3.05, 3.63) is 29.9 Å². The summed E-state index contributed by atoms with van der Waals surface area (Å²) in [6.07, 6.45) is 7.06. The Balaban J connectivity index is 2.65. The number of aliphatic hydroxyl groups excluding tert-OH is 3. The van der Waals surface area contributed by atoms with Crippen molar-refractivity contribution in [1.29, 1.82) is 0 Å². The number of nitrogens with zero attached hydrogens (tertiary/aromatic N) is 2. The largest absolute Gasteiger partial charge is 0.481 e. The molecule has 3 atom stereocenters. The van der Waals surface area contributed by atoms with Crippen LogP contribution in [0.15, 0.2) is 18.6 Å². The van der Waals surface area contributed by atoms with Gasteiger partial charge in [0.1, 0.15) is 6.33 Å². The lowest BCUT2D eigenvalue weighted by Crippen LogP contribution is -2.23. The molecule has 0 bridgehead atoms. The zero-order chi connectivity index (χ0) is 18.7. The molecule has 0 aliphatic rings. The van der Waals surface area contributed by atoms with Gasteiger partial charge in [0.05, 0.1) is 24.0 Å². The molecule has 0 amide bonds. The topological polar surface area (TPSA) is 124 Å². The van der Waals surface area contributed by atoms with E-state index < -0.39 is 24.3 Å². The van der Waals surface area contributed by atoms with Crippen LogP contribution in [-0.4, -0.2) is 48.6 Å². The molecule has 0 aromatic carbocycles.